The van der Waals surface area contributed by atoms with Crippen LogP contribution in [0.25, 0.3) is 0 Å². The van der Waals surface area contributed by atoms with Crippen LogP contribution in [0.1, 0.15) is 186 Å². The van der Waals surface area contributed by atoms with E-state index in [0.29, 0.717) is 99.3 Å². The van der Waals surface area contributed by atoms with Crippen molar-refractivity contribution >= 4 is 181 Å². The molecule has 147 heavy (non-hydrogen) atoms. The highest BCUT2D eigenvalue weighted by atomic mass is 32.3. The van der Waals surface area contributed by atoms with Crippen LogP contribution in [0.5, 0.6) is 11.8 Å². The summed E-state index contributed by atoms with van der Waals surface area (Å²) in [5.74, 6) is -13.2. The van der Waals surface area contributed by atoms with E-state index in [1.165, 1.54) is 39.8 Å². The second-order valence-electron chi connectivity index (χ2n) is 35.7. The standard InChI is InChI=1S/C44H67N7O20S4.C42H63N7O19S4/c1-11-51(32-23-50(15-12-18-63-10)75(61,62)43-31(32)21-35(72-43)74(45,59)60)38(54)25(2)67-40(56)27(4)69-42(58)29(6)70-41(57)28(5)68-39(55)26(3)66-33(52)13-14-34(53)71-30(22-46-44(7,8)9)24-65-37-36(47-73-48-37)49-16-19-64-20-17-49;1-11-43-30-21-48(10)72(59,60)41-29(30)19-33(69-41)71(57,58)47-35(52)23(2)64-38(54)25(4)66-40(56)27(6)67-39(55)26(5)65-37(53)24(3)63-31(50)13-12-14-32(51)68-28(20-44-42(7,8)9)22-62-36-34(45-70-46-36)49-15-17-61-18-16-49/h21,25-30,32,46H,11-20,22-24H2,1-10H3,(H2,45,59,60);19,23-28,30,43-44H,11-18,20-22H2,1-10H3,(H,47,52)/t25?,26?,27?,28?,29?,30?,32-;23?,24?,25?,26?,27?,28?,30-/m11/s1. The van der Waals surface area contributed by atoms with Crippen molar-refractivity contribution in [1.82, 2.24) is 51.7 Å². The lowest BCUT2D eigenvalue weighted by molar-refractivity contribution is -0.186. The molecule has 0 saturated carbocycles. The van der Waals surface area contributed by atoms with Gasteiger partial charge in [0, 0.05) is 127 Å². The van der Waals surface area contributed by atoms with Crippen LogP contribution in [0, 0.1) is 0 Å². The number of primary sulfonamides is 1. The Hall–Kier alpha value is -10.3. The van der Waals surface area contributed by atoms with Crippen LogP contribution in [0.3, 0.4) is 0 Å². The van der Waals surface area contributed by atoms with Gasteiger partial charge >= 0.3 is 71.6 Å². The maximum atomic E-state index is 13.8. The maximum absolute atomic E-state index is 13.8. The van der Waals surface area contributed by atoms with E-state index in [-0.39, 0.29) is 121 Å². The van der Waals surface area contributed by atoms with Crippen molar-refractivity contribution in [3.8, 4) is 11.8 Å². The number of morpholine rings is 2. The number of rotatable bonds is 52. The molecule has 2 saturated heterocycles. The zero-order valence-electron chi connectivity index (χ0n) is 85.0. The molecule has 0 spiro atoms. The van der Waals surface area contributed by atoms with Crippen molar-refractivity contribution in [2.24, 2.45) is 5.14 Å². The van der Waals surface area contributed by atoms with Gasteiger partial charge in [0.2, 0.25) is 21.7 Å². The van der Waals surface area contributed by atoms with Gasteiger partial charge < -0.3 is 111 Å². The van der Waals surface area contributed by atoms with E-state index < -0.39 is 230 Å². The molecule has 4 aromatic heterocycles. The molecule has 0 bridgehead atoms. The minimum atomic E-state index is -4.64. The highest BCUT2D eigenvalue weighted by molar-refractivity contribution is 7.94. The van der Waals surface area contributed by atoms with Crippen molar-refractivity contribution in [2.75, 3.05) is 142 Å². The molecule has 14 atom stereocenters. The number of likely N-dealkylation sites (N-methyl/N-ethyl adjacent to an activating group) is 3. The lowest BCUT2D eigenvalue weighted by atomic mass is 10.1. The summed E-state index contributed by atoms with van der Waals surface area (Å²) in [5, 5.41) is 15.0. The second kappa shape index (κ2) is 56.0. The van der Waals surface area contributed by atoms with E-state index in [1.54, 1.807) is 18.6 Å². The summed E-state index contributed by atoms with van der Waals surface area (Å²) in [6.45, 7) is 31.6. The molecule has 6 N–H and O–H groups in total. The molecule has 2 fully saturated rings. The highest BCUT2D eigenvalue weighted by Gasteiger charge is 2.46. The number of sulfonamides is 4. The van der Waals surface area contributed by atoms with Crippen LogP contribution in [0.15, 0.2) is 29.0 Å². The van der Waals surface area contributed by atoms with Crippen LogP contribution in [0.2, 0.25) is 0 Å². The zero-order chi connectivity index (χ0) is 110. The summed E-state index contributed by atoms with van der Waals surface area (Å²) in [5.41, 5.74) is -0.401. The Morgan fingerprint density at radius 1 is 0.490 bits per heavy atom. The molecule has 0 radical (unpaired) electrons. The van der Waals surface area contributed by atoms with Gasteiger partial charge in [-0.05, 0) is 149 Å². The lowest BCUT2D eigenvalue weighted by Crippen LogP contribution is -2.50. The van der Waals surface area contributed by atoms with Crippen molar-refractivity contribution < 1.29 is 181 Å². The third-order valence-electron chi connectivity index (χ3n) is 21.4. The zero-order valence-corrected chi connectivity index (χ0v) is 91.5. The van der Waals surface area contributed by atoms with Gasteiger partial charge in [0.05, 0.1) is 68.8 Å². The number of nitrogens with one attached hydrogen (secondary N) is 4. The number of hydrogen-bond acceptors (Lipinski definition) is 52. The summed E-state index contributed by atoms with van der Waals surface area (Å²) in [6.07, 6.45) is -18.8. The van der Waals surface area contributed by atoms with Gasteiger partial charge in [-0.15, -0.1) is 31.4 Å². The Bertz CT molecular complexity index is 5700. The Labute approximate surface area is 867 Å². The number of hydrogen-bond donors (Lipinski definition) is 5. The first kappa shape index (κ1) is 124. The number of amides is 2. The molecule has 0 aromatic carbocycles. The fourth-order valence-electron chi connectivity index (χ4n) is 13.5. The molecular weight excluding hydrogens is 2110 g/mol. The van der Waals surface area contributed by atoms with Gasteiger partial charge in [-0.3, -0.25) is 28.8 Å². The Morgan fingerprint density at radius 2 is 0.857 bits per heavy atom. The predicted molar refractivity (Wildman–Crippen MR) is 518 cm³/mol. The van der Waals surface area contributed by atoms with Crippen molar-refractivity contribution in [3.05, 3.63) is 23.3 Å². The SMILES string of the molecule is CCN(C(=O)C(C)OC(=O)C(C)OC(=O)C(C)OC(=O)C(C)OC(=O)C(C)OC(=O)CCC(=O)OC(CNC(C)(C)C)COc1nsnc1N1CCOCC1)[C@@H]1CN(CCCOC)S(=O)(=O)c2sc(S(N)(=O)=O)cc21.CCN[C@@H]1CN(C)S(=O)(=O)c2sc(S(=O)(=O)NC(=O)C(C)OC(=O)C(C)OC(=O)C(C)OC(=O)C(C)OC(=O)C(C)OC(=O)CCCC(=O)OC(CNC(C)(C)C)COc3nsnc3N3CCOCC3)cc21. The lowest BCUT2D eigenvalue weighted by Gasteiger charge is -2.39. The van der Waals surface area contributed by atoms with Crippen LogP contribution >= 0.6 is 46.1 Å². The van der Waals surface area contributed by atoms with Crippen molar-refractivity contribution in [2.45, 2.75) is 276 Å². The topological polar surface area (TPSA) is 674 Å². The summed E-state index contributed by atoms with van der Waals surface area (Å²) in [4.78, 5) is 185. The number of aromatic nitrogens is 4. The van der Waals surface area contributed by atoms with Gasteiger partial charge in [0.1, 0.15) is 42.3 Å². The molecule has 8 heterocycles. The predicted octanol–water partition coefficient (Wildman–Crippen LogP) is 1.57. The van der Waals surface area contributed by atoms with Gasteiger partial charge in [0.25, 0.3) is 53.6 Å². The fraction of sp³-hybridized carbons (Fsp3) is 0.698. The monoisotopic (exact) mass is 2240 g/mol. The second-order valence-corrected chi connectivity index (χ2v) is 47.0. The van der Waals surface area contributed by atoms with Crippen LogP contribution < -0.4 is 45.1 Å². The minimum absolute atomic E-state index is 0.00754. The van der Waals surface area contributed by atoms with Gasteiger partial charge in [-0.2, -0.15) is 17.4 Å². The van der Waals surface area contributed by atoms with Gasteiger partial charge in [0.15, 0.2) is 61.0 Å². The molecule has 4 aliphatic heterocycles. The number of nitrogens with two attached hydrogens (primary N) is 1. The highest BCUT2D eigenvalue weighted by Crippen LogP contribution is 2.44. The van der Waals surface area contributed by atoms with E-state index in [4.69, 9.17) is 85.7 Å². The number of carbonyl (C=O) groups excluding carboxylic acids is 14. The Kier molecular flexibility index (Phi) is 47.1. The smallest absolute Gasteiger partial charge is 0.347 e. The first-order valence-corrected chi connectivity index (χ1v) is 55.5. The number of nitrogens with zero attached hydrogens (tertiary/aromatic N) is 9. The molecule has 4 aliphatic rings. The maximum Gasteiger partial charge on any atom is 0.347 e. The van der Waals surface area contributed by atoms with Crippen molar-refractivity contribution in [3.63, 3.8) is 0 Å². The summed E-state index contributed by atoms with van der Waals surface area (Å²) >= 11 is 2.87. The van der Waals surface area contributed by atoms with Crippen LogP contribution in [-0.4, -0.2) is 365 Å². The quantitative estimate of drug-likeness (QED) is 0.0238. The molecule has 8 rings (SSSR count). The number of esters is 12. The largest absolute Gasteiger partial charge is 0.470 e. The molecule has 12 unspecified atom stereocenters. The number of anilines is 2. The molecule has 0 aliphatic carbocycles. The van der Waals surface area contributed by atoms with Crippen LogP contribution in [-0.2, 0) is 178 Å². The van der Waals surface area contributed by atoms with E-state index >= 15 is 0 Å². The Morgan fingerprint density at radius 3 is 1.25 bits per heavy atom. The average Bonchev–Trinajstić information content (AvgIpc) is 1.61. The van der Waals surface area contributed by atoms with E-state index in [2.05, 4.69) is 33.4 Å². The Balaban J connectivity index is 0.000000398. The van der Waals surface area contributed by atoms with E-state index in [9.17, 15) is 101 Å². The normalized spacial score (nSPS) is 18.3. The summed E-state index contributed by atoms with van der Waals surface area (Å²) in [6, 6.07) is 0.719. The van der Waals surface area contributed by atoms with Gasteiger partial charge in [-0.25, -0.2) is 81.9 Å². The van der Waals surface area contributed by atoms with Crippen LogP contribution in [0.4, 0.5) is 11.6 Å². The number of fused-ring (bicyclic) bond motifs is 2. The number of thiophene rings is 2. The minimum Gasteiger partial charge on any atom is -0.470 e. The van der Waals surface area contributed by atoms with E-state index in [0.717, 1.165) is 92.7 Å². The molecule has 53 nitrogen and oxygen atoms in total. The molecule has 2 amide bonds. The van der Waals surface area contributed by atoms with Gasteiger partial charge in [-0.1, -0.05) is 6.92 Å². The third-order valence-corrected chi connectivity index (χ3v) is 32.7. The number of carbonyl (C=O) groups is 14. The average molecular weight is 2240 g/mol. The molecule has 61 heteroatoms. The molecule has 4 aromatic rings. The molecule has 826 valence electrons. The first-order valence-electron chi connectivity index (χ1n) is 46.5. The number of ether oxygens (including phenoxy) is 17. The first-order chi connectivity index (χ1) is 68.7. The molecular formula is C86H130N14O39S8. The fourth-order valence-corrected chi connectivity index (χ4v) is 23.5. The summed E-state index contributed by atoms with van der Waals surface area (Å²) in [7, 11) is -14.4. The summed E-state index contributed by atoms with van der Waals surface area (Å²) < 4.78 is 213. The third kappa shape index (κ3) is 37.7. The van der Waals surface area contributed by atoms with Crippen molar-refractivity contribution in [1.29, 1.82) is 0 Å². The van der Waals surface area contributed by atoms with E-state index in [1.807, 2.05) is 51.3 Å². The number of methoxy groups -OCH3 is 1.